The predicted molar refractivity (Wildman–Crippen MR) is 72.1 cm³/mol. The van der Waals surface area contributed by atoms with Crippen LogP contribution < -0.4 is 0 Å². The maximum atomic E-state index is 10.7. The third kappa shape index (κ3) is 2.90. The zero-order chi connectivity index (χ0) is 12.3. The number of hydrogen-bond acceptors (Lipinski definition) is 2. The summed E-state index contributed by atoms with van der Waals surface area (Å²) >= 11 is 7.64. The van der Waals surface area contributed by atoms with Crippen LogP contribution in [0.4, 0.5) is 0 Å². The van der Waals surface area contributed by atoms with Crippen molar-refractivity contribution in [2.45, 2.75) is 16.7 Å². The predicted octanol–water partition coefficient (Wildman–Crippen LogP) is 4.61. The molecular weight excluding hydrogens is 252 g/mol. The highest BCUT2D eigenvalue weighted by Crippen LogP contribution is 2.32. The minimum absolute atomic E-state index is 0.499. The smallest absolute Gasteiger partial charge is 0.151 e. The third-order valence-electron chi connectivity index (χ3n) is 2.42. The van der Waals surface area contributed by atoms with E-state index in [1.165, 1.54) is 10.5 Å². The van der Waals surface area contributed by atoms with Crippen LogP contribution in [0.2, 0.25) is 5.02 Å². The highest BCUT2D eigenvalue weighted by atomic mass is 35.5. The average Bonchev–Trinajstić information content (AvgIpc) is 2.32. The van der Waals surface area contributed by atoms with Crippen molar-refractivity contribution in [3.8, 4) is 0 Å². The number of aryl methyl sites for hydroxylation is 1. The third-order valence-corrected chi connectivity index (χ3v) is 3.92. The van der Waals surface area contributed by atoms with E-state index < -0.39 is 0 Å². The molecule has 0 unspecified atom stereocenters. The number of carbonyl (C=O) groups is 1. The first-order chi connectivity index (χ1) is 8.20. The first-order valence-corrected chi connectivity index (χ1v) is 6.38. The molecule has 0 amide bonds. The van der Waals surface area contributed by atoms with Crippen LogP contribution in [0.25, 0.3) is 0 Å². The van der Waals surface area contributed by atoms with Gasteiger partial charge in [-0.05, 0) is 36.8 Å². The lowest BCUT2D eigenvalue weighted by atomic mass is 10.2. The van der Waals surface area contributed by atoms with Gasteiger partial charge >= 0.3 is 0 Å². The average molecular weight is 263 g/mol. The number of halogens is 1. The summed E-state index contributed by atoms with van der Waals surface area (Å²) in [6, 6.07) is 13.6. The summed E-state index contributed by atoms with van der Waals surface area (Å²) in [4.78, 5) is 12.9. The summed E-state index contributed by atoms with van der Waals surface area (Å²) in [6.45, 7) is 2.07. The Balaban J connectivity index is 2.28. The van der Waals surface area contributed by atoms with Crippen LogP contribution >= 0.6 is 23.4 Å². The summed E-state index contributed by atoms with van der Waals surface area (Å²) < 4.78 is 0. The summed E-state index contributed by atoms with van der Waals surface area (Å²) in [5.74, 6) is 0. The lowest BCUT2D eigenvalue weighted by molar-refractivity contribution is 0.112. The minimum atomic E-state index is 0.499. The molecule has 0 aromatic heterocycles. The normalized spacial score (nSPS) is 10.2. The number of carbonyl (C=O) groups excluding carboxylic acids is 1. The Morgan fingerprint density at radius 1 is 1.18 bits per heavy atom. The van der Waals surface area contributed by atoms with Gasteiger partial charge in [-0.3, -0.25) is 4.79 Å². The van der Waals surface area contributed by atoms with E-state index in [9.17, 15) is 4.79 Å². The van der Waals surface area contributed by atoms with Crippen LogP contribution in [0.1, 0.15) is 15.9 Å². The zero-order valence-corrected chi connectivity index (χ0v) is 10.9. The second-order valence-corrected chi connectivity index (χ2v) is 5.19. The zero-order valence-electron chi connectivity index (χ0n) is 9.31. The SMILES string of the molecule is Cc1ccccc1Sc1ccc(C=O)c(Cl)c1. The van der Waals surface area contributed by atoms with E-state index in [1.807, 2.05) is 24.3 Å². The van der Waals surface area contributed by atoms with Crippen LogP contribution in [0, 0.1) is 6.92 Å². The van der Waals surface area contributed by atoms with Crippen LogP contribution in [-0.2, 0) is 0 Å². The van der Waals surface area contributed by atoms with E-state index in [4.69, 9.17) is 11.6 Å². The van der Waals surface area contributed by atoms with Gasteiger partial charge in [-0.1, -0.05) is 41.6 Å². The van der Waals surface area contributed by atoms with Gasteiger partial charge in [0.15, 0.2) is 6.29 Å². The summed E-state index contributed by atoms with van der Waals surface area (Å²) in [6.07, 6.45) is 0.768. The molecule has 86 valence electrons. The Morgan fingerprint density at radius 2 is 1.94 bits per heavy atom. The van der Waals surface area contributed by atoms with E-state index in [0.29, 0.717) is 10.6 Å². The van der Waals surface area contributed by atoms with Crippen LogP contribution in [0.15, 0.2) is 52.3 Å². The Labute approximate surface area is 110 Å². The Kier molecular flexibility index (Phi) is 3.87. The van der Waals surface area contributed by atoms with E-state index in [-0.39, 0.29) is 0 Å². The lowest BCUT2D eigenvalue weighted by Crippen LogP contribution is -1.83. The quantitative estimate of drug-likeness (QED) is 0.752. The lowest BCUT2D eigenvalue weighted by Gasteiger charge is -2.06. The number of benzene rings is 2. The minimum Gasteiger partial charge on any atom is -0.298 e. The molecule has 0 atom stereocenters. The number of aldehydes is 1. The van der Waals surface area contributed by atoms with Crippen molar-refractivity contribution in [1.82, 2.24) is 0 Å². The molecular formula is C14H11ClOS. The van der Waals surface area contributed by atoms with E-state index in [2.05, 4.69) is 19.1 Å². The number of hydrogen-bond donors (Lipinski definition) is 0. The van der Waals surface area contributed by atoms with Gasteiger partial charge in [0.25, 0.3) is 0 Å². The van der Waals surface area contributed by atoms with Crippen molar-refractivity contribution in [3.63, 3.8) is 0 Å². The molecule has 0 fully saturated rings. The van der Waals surface area contributed by atoms with Crippen molar-refractivity contribution in [2.24, 2.45) is 0 Å². The maximum absolute atomic E-state index is 10.7. The van der Waals surface area contributed by atoms with Gasteiger partial charge in [-0.25, -0.2) is 0 Å². The first kappa shape index (κ1) is 12.2. The van der Waals surface area contributed by atoms with Gasteiger partial charge in [0.05, 0.1) is 5.02 Å². The molecule has 17 heavy (non-hydrogen) atoms. The monoisotopic (exact) mass is 262 g/mol. The second-order valence-electron chi connectivity index (χ2n) is 3.67. The Morgan fingerprint density at radius 3 is 2.59 bits per heavy atom. The van der Waals surface area contributed by atoms with Crippen molar-refractivity contribution >= 4 is 29.6 Å². The van der Waals surface area contributed by atoms with Crippen LogP contribution in [0.5, 0.6) is 0 Å². The molecule has 2 rings (SSSR count). The fourth-order valence-electron chi connectivity index (χ4n) is 1.46. The molecule has 0 N–H and O–H groups in total. The fraction of sp³-hybridized carbons (Fsp3) is 0.0714. The van der Waals surface area contributed by atoms with Crippen molar-refractivity contribution < 1.29 is 4.79 Å². The van der Waals surface area contributed by atoms with Crippen LogP contribution in [-0.4, -0.2) is 6.29 Å². The van der Waals surface area contributed by atoms with Gasteiger partial charge in [0, 0.05) is 15.4 Å². The van der Waals surface area contributed by atoms with Crippen LogP contribution in [0.3, 0.4) is 0 Å². The molecule has 0 saturated heterocycles. The molecule has 2 aromatic rings. The van der Waals surface area contributed by atoms with Gasteiger partial charge < -0.3 is 0 Å². The molecule has 1 nitrogen and oxygen atoms in total. The molecule has 0 aliphatic heterocycles. The van der Waals surface area contributed by atoms with Crippen molar-refractivity contribution in [1.29, 1.82) is 0 Å². The molecule has 0 radical (unpaired) electrons. The number of rotatable bonds is 3. The molecule has 2 aromatic carbocycles. The maximum Gasteiger partial charge on any atom is 0.151 e. The summed E-state index contributed by atoms with van der Waals surface area (Å²) in [5.41, 5.74) is 1.76. The molecule has 0 aliphatic carbocycles. The fourth-order valence-corrected chi connectivity index (χ4v) is 2.70. The Bertz CT molecular complexity index is 552. The van der Waals surface area contributed by atoms with Gasteiger partial charge in [-0.2, -0.15) is 0 Å². The molecule has 0 spiro atoms. The molecule has 3 heteroatoms. The molecule has 0 aliphatic rings. The van der Waals surface area contributed by atoms with Gasteiger partial charge in [0.1, 0.15) is 0 Å². The largest absolute Gasteiger partial charge is 0.298 e. The van der Waals surface area contributed by atoms with Crippen molar-refractivity contribution in [2.75, 3.05) is 0 Å². The highest BCUT2D eigenvalue weighted by Gasteiger charge is 2.04. The van der Waals surface area contributed by atoms with Gasteiger partial charge in [-0.15, -0.1) is 0 Å². The first-order valence-electron chi connectivity index (χ1n) is 5.19. The molecule has 0 heterocycles. The Hall–Kier alpha value is -1.25. The molecule has 0 bridgehead atoms. The standard InChI is InChI=1S/C14H11ClOS/c1-10-4-2-3-5-14(10)17-12-7-6-11(9-16)13(15)8-12/h2-9H,1H3. The molecule has 0 saturated carbocycles. The summed E-state index contributed by atoms with van der Waals surface area (Å²) in [7, 11) is 0. The van der Waals surface area contributed by atoms with Crippen molar-refractivity contribution in [3.05, 3.63) is 58.6 Å². The summed E-state index contributed by atoms with van der Waals surface area (Å²) in [5, 5.41) is 0.499. The van der Waals surface area contributed by atoms with E-state index in [0.717, 1.165) is 11.2 Å². The highest BCUT2D eigenvalue weighted by molar-refractivity contribution is 7.99. The van der Waals surface area contributed by atoms with Gasteiger partial charge in [0.2, 0.25) is 0 Å². The van der Waals surface area contributed by atoms with E-state index in [1.54, 1.807) is 17.8 Å². The second kappa shape index (κ2) is 5.39. The topological polar surface area (TPSA) is 17.1 Å². The van der Waals surface area contributed by atoms with E-state index >= 15 is 0 Å².